The Hall–Kier alpha value is -2.67. The summed E-state index contributed by atoms with van der Waals surface area (Å²) in [5, 5.41) is 12.7. The molecule has 2 N–H and O–H groups in total. The minimum atomic E-state index is -0.447. The second-order valence-electron chi connectivity index (χ2n) is 5.29. The first-order chi connectivity index (χ1) is 12.1. The van der Waals surface area contributed by atoms with E-state index in [2.05, 4.69) is 15.3 Å². The van der Waals surface area contributed by atoms with Gasteiger partial charge in [0.25, 0.3) is 0 Å². The molecule has 134 valence electrons. The largest absolute Gasteiger partial charge is 0.494 e. The van der Waals surface area contributed by atoms with Gasteiger partial charge in [0.2, 0.25) is 5.95 Å². The third kappa shape index (κ3) is 4.90. The van der Waals surface area contributed by atoms with E-state index in [0.717, 1.165) is 11.3 Å². The summed E-state index contributed by atoms with van der Waals surface area (Å²) in [4.78, 5) is 20.2. The van der Waals surface area contributed by atoms with E-state index in [1.54, 1.807) is 13.8 Å². The smallest absolute Gasteiger partial charge is 0.341 e. The zero-order valence-electron chi connectivity index (χ0n) is 14.7. The summed E-state index contributed by atoms with van der Waals surface area (Å²) in [6.07, 6.45) is 1.43. The first-order valence-electron chi connectivity index (χ1n) is 8.19. The molecule has 0 spiro atoms. The van der Waals surface area contributed by atoms with E-state index in [1.807, 2.05) is 31.2 Å². The van der Waals surface area contributed by atoms with Gasteiger partial charge in [0, 0.05) is 6.20 Å². The molecule has 7 nitrogen and oxygen atoms in total. The van der Waals surface area contributed by atoms with E-state index in [4.69, 9.17) is 9.47 Å². The molecule has 1 aromatic heterocycles. The second kappa shape index (κ2) is 8.98. The minimum absolute atomic E-state index is 0.129. The zero-order chi connectivity index (χ0) is 18.2. The summed E-state index contributed by atoms with van der Waals surface area (Å²) >= 11 is 0. The Morgan fingerprint density at radius 2 is 1.96 bits per heavy atom. The van der Waals surface area contributed by atoms with E-state index >= 15 is 0 Å². The highest BCUT2D eigenvalue weighted by Gasteiger charge is 2.16. The molecule has 7 heteroatoms. The average Bonchev–Trinajstić information content (AvgIpc) is 2.61. The Morgan fingerprint density at radius 1 is 1.24 bits per heavy atom. The Bertz CT molecular complexity index is 704. The number of ether oxygens (including phenoxy) is 2. The number of benzene rings is 1. The van der Waals surface area contributed by atoms with Gasteiger partial charge in [0.1, 0.15) is 5.75 Å². The van der Waals surface area contributed by atoms with Gasteiger partial charge in [-0.2, -0.15) is 0 Å². The SMILES string of the molecule is CCOC(=O)c1cnc(NC(CO)c2ccc(OCC)cc2)nc1C. The van der Waals surface area contributed by atoms with Crippen molar-refractivity contribution in [2.24, 2.45) is 0 Å². The van der Waals surface area contributed by atoms with Crippen LogP contribution in [0.25, 0.3) is 0 Å². The number of nitrogens with one attached hydrogen (secondary N) is 1. The maximum absolute atomic E-state index is 11.8. The van der Waals surface area contributed by atoms with Crippen LogP contribution in [0.5, 0.6) is 5.75 Å². The van der Waals surface area contributed by atoms with E-state index in [9.17, 15) is 9.90 Å². The van der Waals surface area contributed by atoms with Gasteiger partial charge in [0.05, 0.1) is 37.1 Å². The van der Waals surface area contributed by atoms with Crippen LogP contribution in [0.4, 0.5) is 5.95 Å². The highest BCUT2D eigenvalue weighted by atomic mass is 16.5. The van der Waals surface area contributed by atoms with Crippen LogP contribution in [0.15, 0.2) is 30.5 Å². The lowest BCUT2D eigenvalue weighted by Gasteiger charge is -2.17. The molecule has 1 heterocycles. The zero-order valence-corrected chi connectivity index (χ0v) is 14.7. The molecule has 1 atom stereocenters. The highest BCUT2D eigenvalue weighted by molar-refractivity contribution is 5.90. The molecular formula is C18H23N3O4. The van der Waals surface area contributed by atoms with Gasteiger partial charge in [-0.05, 0) is 38.5 Å². The predicted octanol–water partition coefficient (Wildman–Crippen LogP) is 2.51. The number of aryl methyl sites for hydroxylation is 1. The molecule has 0 bridgehead atoms. The maximum atomic E-state index is 11.8. The Kier molecular flexibility index (Phi) is 6.71. The van der Waals surface area contributed by atoms with Crippen molar-refractivity contribution in [3.8, 4) is 5.75 Å². The molecule has 0 fully saturated rings. The fourth-order valence-corrected chi connectivity index (χ4v) is 2.30. The lowest BCUT2D eigenvalue weighted by molar-refractivity contribution is 0.0524. The van der Waals surface area contributed by atoms with Crippen LogP contribution in [0.1, 0.15) is 41.5 Å². The number of hydrogen-bond acceptors (Lipinski definition) is 7. The fraction of sp³-hybridized carbons (Fsp3) is 0.389. The number of carbonyl (C=O) groups is 1. The fourth-order valence-electron chi connectivity index (χ4n) is 2.30. The maximum Gasteiger partial charge on any atom is 0.341 e. The minimum Gasteiger partial charge on any atom is -0.494 e. The molecule has 0 amide bonds. The Morgan fingerprint density at radius 3 is 2.52 bits per heavy atom. The van der Waals surface area contributed by atoms with Crippen molar-refractivity contribution >= 4 is 11.9 Å². The Labute approximate surface area is 147 Å². The second-order valence-corrected chi connectivity index (χ2v) is 5.29. The third-order valence-corrected chi connectivity index (χ3v) is 3.55. The van der Waals surface area contributed by atoms with Gasteiger partial charge < -0.3 is 19.9 Å². The standard InChI is InChI=1S/C18H23N3O4/c1-4-24-14-8-6-13(7-9-14)16(11-22)21-18-19-10-15(12(3)20-18)17(23)25-5-2/h6-10,16,22H,4-5,11H2,1-3H3,(H,19,20,21). The van der Waals surface area contributed by atoms with Crippen molar-refractivity contribution in [1.82, 2.24) is 9.97 Å². The van der Waals surface area contributed by atoms with Gasteiger partial charge in [-0.15, -0.1) is 0 Å². The van der Waals surface area contributed by atoms with Gasteiger partial charge >= 0.3 is 5.97 Å². The van der Waals surface area contributed by atoms with Crippen LogP contribution in [-0.2, 0) is 4.74 Å². The van der Waals surface area contributed by atoms with E-state index < -0.39 is 5.97 Å². The molecule has 0 saturated heterocycles. The molecule has 0 radical (unpaired) electrons. The highest BCUT2D eigenvalue weighted by Crippen LogP contribution is 2.21. The first-order valence-corrected chi connectivity index (χ1v) is 8.19. The molecule has 25 heavy (non-hydrogen) atoms. The quantitative estimate of drug-likeness (QED) is 0.710. The van der Waals surface area contributed by atoms with Crippen LogP contribution < -0.4 is 10.1 Å². The molecule has 2 rings (SSSR count). The summed E-state index contributed by atoms with van der Waals surface area (Å²) in [7, 11) is 0. The number of aliphatic hydroxyl groups is 1. The summed E-state index contributed by atoms with van der Waals surface area (Å²) in [5.41, 5.74) is 1.72. The average molecular weight is 345 g/mol. The van der Waals surface area contributed by atoms with Crippen LogP contribution >= 0.6 is 0 Å². The summed E-state index contributed by atoms with van der Waals surface area (Å²) in [6.45, 7) is 6.14. The van der Waals surface area contributed by atoms with Gasteiger partial charge in [-0.3, -0.25) is 0 Å². The third-order valence-electron chi connectivity index (χ3n) is 3.55. The van der Waals surface area contributed by atoms with Gasteiger partial charge in [-0.1, -0.05) is 12.1 Å². The number of esters is 1. The van der Waals surface area contributed by atoms with Crippen molar-refractivity contribution in [2.75, 3.05) is 25.1 Å². The molecule has 0 aliphatic heterocycles. The number of aliphatic hydroxyl groups excluding tert-OH is 1. The topological polar surface area (TPSA) is 93.6 Å². The van der Waals surface area contributed by atoms with Crippen molar-refractivity contribution in [3.05, 3.63) is 47.3 Å². The van der Waals surface area contributed by atoms with Gasteiger partial charge in [-0.25, -0.2) is 14.8 Å². The number of carbonyl (C=O) groups excluding carboxylic acids is 1. The number of anilines is 1. The van der Waals surface area contributed by atoms with E-state index in [1.165, 1.54) is 6.20 Å². The molecule has 1 unspecified atom stereocenters. The number of nitrogens with zero attached hydrogens (tertiary/aromatic N) is 2. The monoisotopic (exact) mass is 345 g/mol. The van der Waals surface area contributed by atoms with Gasteiger partial charge in [0.15, 0.2) is 0 Å². The summed E-state index contributed by atoms with van der Waals surface area (Å²) in [5.74, 6) is 0.657. The van der Waals surface area contributed by atoms with Crippen LogP contribution in [0.2, 0.25) is 0 Å². The number of hydrogen-bond donors (Lipinski definition) is 2. The number of aromatic nitrogens is 2. The lowest BCUT2D eigenvalue weighted by Crippen LogP contribution is -2.18. The molecule has 0 aliphatic rings. The molecule has 0 aliphatic carbocycles. The first kappa shape index (κ1) is 18.7. The van der Waals surface area contributed by atoms with Crippen LogP contribution in [0, 0.1) is 6.92 Å². The van der Waals surface area contributed by atoms with E-state index in [0.29, 0.717) is 30.4 Å². The Balaban J connectivity index is 2.13. The summed E-state index contributed by atoms with van der Waals surface area (Å²) < 4.78 is 10.4. The predicted molar refractivity (Wildman–Crippen MR) is 93.8 cm³/mol. The van der Waals surface area contributed by atoms with Crippen LogP contribution in [0.3, 0.4) is 0 Å². The van der Waals surface area contributed by atoms with E-state index in [-0.39, 0.29) is 12.6 Å². The van der Waals surface area contributed by atoms with Crippen molar-refractivity contribution < 1.29 is 19.4 Å². The molecular weight excluding hydrogens is 322 g/mol. The van der Waals surface area contributed by atoms with Crippen molar-refractivity contribution in [2.45, 2.75) is 26.8 Å². The van der Waals surface area contributed by atoms with Crippen molar-refractivity contribution in [1.29, 1.82) is 0 Å². The van der Waals surface area contributed by atoms with Crippen molar-refractivity contribution in [3.63, 3.8) is 0 Å². The normalized spacial score (nSPS) is 11.7. The molecule has 2 aromatic rings. The van der Waals surface area contributed by atoms with Crippen LogP contribution in [-0.4, -0.2) is 40.9 Å². The lowest BCUT2D eigenvalue weighted by atomic mass is 10.1. The summed E-state index contributed by atoms with van der Waals surface area (Å²) in [6, 6.07) is 7.07. The molecule has 1 aromatic carbocycles. The number of rotatable bonds is 8. The molecule has 0 saturated carbocycles.